The van der Waals surface area contributed by atoms with Crippen molar-refractivity contribution >= 4 is 25.8 Å². The average molecular weight is 267 g/mol. The first-order chi connectivity index (χ1) is 5.84. The molecule has 0 aliphatic carbocycles. The lowest BCUT2D eigenvalue weighted by molar-refractivity contribution is 0.597. The monoisotopic (exact) mass is 266 g/mol. The van der Waals surface area contributed by atoms with E-state index >= 15 is 0 Å². The van der Waals surface area contributed by atoms with Crippen molar-refractivity contribution in [3.8, 4) is 0 Å². The summed E-state index contributed by atoms with van der Waals surface area (Å²) in [5.74, 6) is -0.417. The van der Waals surface area contributed by atoms with Gasteiger partial charge in [-0.3, -0.25) is 0 Å². The summed E-state index contributed by atoms with van der Waals surface area (Å²) in [6.07, 6.45) is 1.09. The summed E-state index contributed by atoms with van der Waals surface area (Å²) in [6, 6.07) is 2.40. The molecule has 0 N–H and O–H groups in total. The highest BCUT2D eigenvalue weighted by Crippen LogP contribution is 2.26. The molecule has 0 heterocycles. The second-order valence-corrected chi connectivity index (χ2v) is 5.53. The molecule has 1 rings (SSSR count). The first-order valence-electron chi connectivity index (χ1n) is 3.48. The molecular formula is C8H8BrFO2S. The largest absolute Gasteiger partial charge is 0.224 e. The van der Waals surface area contributed by atoms with Crippen LogP contribution >= 0.6 is 15.9 Å². The lowest BCUT2D eigenvalue weighted by atomic mass is 10.2. The van der Waals surface area contributed by atoms with Crippen molar-refractivity contribution in [3.05, 3.63) is 28.0 Å². The molecule has 0 bridgehead atoms. The van der Waals surface area contributed by atoms with E-state index in [1.807, 2.05) is 0 Å². The number of hydrogen-bond donors (Lipinski definition) is 0. The van der Waals surface area contributed by atoms with E-state index in [1.54, 1.807) is 0 Å². The zero-order valence-corrected chi connectivity index (χ0v) is 9.54. The fourth-order valence-electron chi connectivity index (χ4n) is 0.923. The quantitative estimate of drug-likeness (QED) is 0.732. The molecule has 0 aromatic heterocycles. The summed E-state index contributed by atoms with van der Waals surface area (Å²) in [4.78, 5) is 0.117. The molecule has 72 valence electrons. The van der Waals surface area contributed by atoms with Crippen LogP contribution < -0.4 is 0 Å². The van der Waals surface area contributed by atoms with Gasteiger partial charge < -0.3 is 0 Å². The third-order valence-electron chi connectivity index (χ3n) is 1.68. The molecule has 13 heavy (non-hydrogen) atoms. The van der Waals surface area contributed by atoms with E-state index in [-0.39, 0.29) is 4.90 Å². The number of rotatable bonds is 1. The minimum absolute atomic E-state index is 0.117. The van der Waals surface area contributed by atoms with E-state index in [0.29, 0.717) is 10.0 Å². The first-order valence-corrected chi connectivity index (χ1v) is 6.17. The average Bonchev–Trinajstić information content (AvgIpc) is 1.98. The van der Waals surface area contributed by atoms with Crippen molar-refractivity contribution in [1.82, 2.24) is 0 Å². The predicted octanol–water partition coefficient (Wildman–Crippen LogP) is 2.30. The van der Waals surface area contributed by atoms with Gasteiger partial charge in [0.2, 0.25) is 0 Å². The van der Waals surface area contributed by atoms with Crippen LogP contribution in [0.3, 0.4) is 0 Å². The molecule has 1 aromatic rings. The maximum Gasteiger partial charge on any atom is 0.176 e. The van der Waals surface area contributed by atoms with Gasteiger partial charge in [-0.2, -0.15) is 0 Å². The Labute approximate surface area is 84.8 Å². The summed E-state index contributed by atoms with van der Waals surface area (Å²) in [5, 5.41) is 0. The van der Waals surface area contributed by atoms with Crippen LogP contribution in [0.1, 0.15) is 5.56 Å². The standard InChI is InChI=1S/C8H8BrFO2S/c1-5-6(10)3-4-7(8(5)9)13(2,11)12/h3-4H,1-2H3. The zero-order chi connectivity index (χ0) is 10.2. The smallest absolute Gasteiger partial charge is 0.176 e. The van der Waals surface area contributed by atoms with Crippen molar-refractivity contribution < 1.29 is 12.8 Å². The lowest BCUT2D eigenvalue weighted by Crippen LogP contribution is -2.00. The van der Waals surface area contributed by atoms with Gasteiger partial charge in [-0.25, -0.2) is 12.8 Å². The van der Waals surface area contributed by atoms with E-state index in [1.165, 1.54) is 13.0 Å². The van der Waals surface area contributed by atoms with E-state index in [0.717, 1.165) is 12.3 Å². The van der Waals surface area contributed by atoms with Crippen LogP contribution in [0.5, 0.6) is 0 Å². The zero-order valence-electron chi connectivity index (χ0n) is 7.14. The second-order valence-electron chi connectivity index (χ2n) is 2.76. The molecule has 0 atom stereocenters. The Morgan fingerprint density at radius 2 is 1.92 bits per heavy atom. The molecule has 0 radical (unpaired) electrons. The van der Waals surface area contributed by atoms with Gasteiger partial charge in [0.05, 0.1) is 4.90 Å². The fraction of sp³-hybridized carbons (Fsp3) is 0.250. The summed E-state index contributed by atoms with van der Waals surface area (Å²) >= 11 is 3.05. The summed E-state index contributed by atoms with van der Waals surface area (Å²) < 4.78 is 35.6. The fourth-order valence-corrected chi connectivity index (χ4v) is 2.92. The highest BCUT2D eigenvalue weighted by Gasteiger charge is 2.15. The number of halogens is 2. The molecule has 0 fully saturated rings. The Bertz CT molecular complexity index is 440. The van der Waals surface area contributed by atoms with Gasteiger partial charge >= 0.3 is 0 Å². The van der Waals surface area contributed by atoms with Crippen LogP contribution in [0.25, 0.3) is 0 Å². The Morgan fingerprint density at radius 1 is 1.38 bits per heavy atom. The molecule has 0 aliphatic heterocycles. The highest BCUT2D eigenvalue weighted by molar-refractivity contribution is 9.10. The Balaban J connectivity index is 3.53. The van der Waals surface area contributed by atoms with Crippen LogP contribution in [0.15, 0.2) is 21.5 Å². The molecule has 0 aliphatic rings. The third-order valence-corrected chi connectivity index (χ3v) is 4.11. The Hall–Kier alpha value is -0.420. The molecule has 5 heteroatoms. The maximum absolute atomic E-state index is 12.9. The van der Waals surface area contributed by atoms with Crippen molar-refractivity contribution in [1.29, 1.82) is 0 Å². The lowest BCUT2D eigenvalue weighted by Gasteiger charge is -2.05. The Kier molecular flexibility index (Phi) is 2.77. The Morgan fingerprint density at radius 3 is 2.38 bits per heavy atom. The van der Waals surface area contributed by atoms with Crippen molar-refractivity contribution in [2.75, 3.05) is 6.26 Å². The number of sulfone groups is 1. The molecule has 0 amide bonds. The van der Waals surface area contributed by atoms with Gasteiger partial charge in [0.1, 0.15) is 5.82 Å². The van der Waals surface area contributed by atoms with E-state index in [2.05, 4.69) is 15.9 Å². The minimum atomic E-state index is -3.29. The van der Waals surface area contributed by atoms with Gasteiger partial charge in [0.15, 0.2) is 9.84 Å². The normalized spacial score (nSPS) is 11.7. The molecule has 0 saturated carbocycles. The first kappa shape index (κ1) is 10.7. The molecule has 1 aromatic carbocycles. The van der Waals surface area contributed by atoms with Crippen molar-refractivity contribution in [2.45, 2.75) is 11.8 Å². The van der Waals surface area contributed by atoms with Crippen LogP contribution in [0, 0.1) is 12.7 Å². The van der Waals surface area contributed by atoms with E-state index in [4.69, 9.17) is 0 Å². The summed E-state index contributed by atoms with van der Waals surface area (Å²) in [7, 11) is -3.29. The summed E-state index contributed by atoms with van der Waals surface area (Å²) in [5.41, 5.74) is 0.308. The molecular weight excluding hydrogens is 259 g/mol. The molecule has 0 unspecified atom stereocenters. The van der Waals surface area contributed by atoms with Gasteiger partial charge in [0.25, 0.3) is 0 Å². The van der Waals surface area contributed by atoms with Gasteiger partial charge in [0, 0.05) is 16.3 Å². The number of hydrogen-bond acceptors (Lipinski definition) is 2. The van der Waals surface area contributed by atoms with Crippen molar-refractivity contribution in [2.24, 2.45) is 0 Å². The van der Waals surface area contributed by atoms with E-state index < -0.39 is 15.7 Å². The second kappa shape index (κ2) is 3.38. The molecule has 2 nitrogen and oxygen atoms in total. The third kappa shape index (κ3) is 2.08. The van der Waals surface area contributed by atoms with E-state index in [9.17, 15) is 12.8 Å². The van der Waals surface area contributed by atoms with Gasteiger partial charge in [-0.1, -0.05) is 0 Å². The van der Waals surface area contributed by atoms with Crippen LogP contribution in [-0.4, -0.2) is 14.7 Å². The van der Waals surface area contributed by atoms with Gasteiger partial charge in [-0.05, 0) is 35.0 Å². The predicted molar refractivity (Wildman–Crippen MR) is 51.9 cm³/mol. The van der Waals surface area contributed by atoms with Crippen LogP contribution in [-0.2, 0) is 9.84 Å². The SMILES string of the molecule is Cc1c(F)ccc(S(C)(=O)=O)c1Br. The van der Waals surface area contributed by atoms with Crippen LogP contribution in [0.4, 0.5) is 4.39 Å². The summed E-state index contributed by atoms with van der Waals surface area (Å²) in [6.45, 7) is 1.52. The van der Waals surface area contributed by atoms with Crippen molar-refractivity contribution in [3.63, 3.8) is 0 Å². The van der Waals surface area contributed by atoms with Crippen LogP contribution in [0.2, 0.25) is 0 Å². The molecule has 0 spiro atoms. The number of benzene rings is 1. The topological polar surface area (TPSA) is 34.1 Å². The maximum atomic E-state index is 12.9. The van der Waals surface area contributed by atoms with Gasteiger partial charge in [-0.15, -0.1) is 0 Å². The highest BCUT2D eigenvalue weighted by atomic mass is 79.9. The molecule has 0 saturated heterocycles. The minimum Gasteiger partial charge on any atom is -0.224 e.